The number of hydrogen-bond donors (Lipinski definition) is 0. The van der Waals surface area contributed by atoms with Crippen LogP contribution < -0.4 is 4.90 Å². The summed E-state index contributed by atoms with van der Waals surface area (Å²) in [6.45, 7) is 13.4. The maximum absolute atomic E-state index is 13.2. The Morgan fingerprint density at radius 3 is 2.62 bits per heavy atom. The first-order valence-electron chi connectivity index (χ1n) is 15.3. The van der Waals surface area contributed by atoms with Crippen LogP contribution in [0, 0.1) is 5.92 Å². The van der Waals surface area contributed by atoms with Crippen LogP contribution in [0.1, 0.15) is 77.5 Å². The van der Waals surface area contributed by atoms with Crippen LogP contribution in [0.5, 0.6) is 0 Å². The van der Waals surface area contributed by atoms with Crippen LogP contribution in [0.4, 0.5) is 10.5 Å². The first-order chi connectivity index (χ1) is 20.1. The Morgan fingerprint density at radius 1 is 1.17 bits per heavy atom. The van der Waals surface area contributed by atoms with Crippen molar-refractivity contribution in [2.24, 2.45) is 5.92 Å². The fraction of sp³-hybridized carbons (Fsp3) is 0.594. The van der Waals surface area contributed by atoms with Gasteiger partial charge in [-0.15, -0.1) is 5.10 Å². The Balaban J connectivity index is 1.18. The molecular weight excluding hydrogens is 530 g/mol. The van der Waals surface area contributed by atoms with Crippen molar-refractivity contribution in [2.75, 3.05) is 37.7 Å². The quantitative estimate of drug-likeness (QED) is 0.361. The van der Waals surface area contributed by atoms with Gasteiger partial charge in [0.2, 0.25) is 0 Å². The van der Waals surface area contributed by atoms with E-state index in [9.17, 15) is 4.79 Å². The normalized spacial score (nSPS) is 20.3. The second kappa shape index (κ2) is 11.3. The lowest BCUT2D eigenvalue weighted by Gasteiger charge is -2.42. The van der Waals surface area contributed by atoms with Crippen LogP contribution in [0.2, 0.25) is 0 Å². The smallest absolute Gasteiger partial charge is 0.410 e. The molecule has 1 atom stereocenters. The minimum Gasteiger partial charge on any atom is -0.444 e. The third-order valence-electron chi connectivity index (χ3n) is 8.33. The Kier molecular flexibility index (Phi) is 7.68. The summed E-state index contributed by atoms with van der Waals surface area (Å²) >= 11 is 0. The van der Waals surface area contributed by atoms with Gasteiger partial charge in [-0.3, -0.25) is 9.97 Å². The van der Waals surface area contributed by atoms with Gasteiger partial charge in [0, 0.05) is 37.6 Å². The molecule has 0 radical (unpaired) electrons. The van der Waals surface area contributed by atoms with Gasteiger partial charge in [0.05, 0.1) is 43.0 Å². The summed E-state index contributed by atoms with van der Waals surface area (Å²) in [4.78, 5) is 26.8. The molecule has 3 aliphatic rings. The minimum absolute atomic E-state index is 0.0866. The van der Waals surface area contributed by atoms with E-state index in [1.807, 2.05) is 55.1 Å². The number of hydrogen-bond acceptors (Lipinski definition) is 8. The second-order valence-corrected chi connectivity index (χ2v) is 13.5. The summed E-state index contributed by atoms with van der Waals surface area (Å²) in [5.41, 5.74) is 4.02. The van der Waals surface area contributed by atoms with Crippen molar-refractivity contribution in [2.45, 2.75) is 83.4 Å². The van der Waals surface area contributed by atoms with Crippen LogP contribution >= 0.6 is 0 Å². The molecule has 3 aromatic rings. The average Bonchev–Trinajstić information content (AvgIpc) is 3.68. The minimum atomic E-state index is -0.524. The van der Waals surface area contributed by atoms with E-state index in [1.54, 1.807) is 0 Å². The molecule has 0 spiro atoms. The molecule has 2 saturated heterocycles. The Bertz CT molecular complexity index is 1390. The number of piperidine rings is 1. The molecule has 0 unspecified atom stereocenters. The maximum atomic E-state index is 13.2. The van der Waals surface area contributed by atoms with Crippen molar-refractivity contribution in [1.29, 1.82) is 0 Å². The van der Waals surface area contributed by atoms with Crippen molar-refractivity contribution in [1.82, 2.24) is 29.9 Å². The van der Waals surface area contributed by atoms with Gasteiger partial charge in [-0.1, -0.05) is 19.1 Å². The molecule has 6 rings (SSSR count). The van der Waals surface area contributed by atoms with Gasteiger partial charge >= 0.3 is 6.09 Å². The van der Waals surface area contributed by atoms with Crippen LogP contribution in [0.15, 0.2) is 43.0 Å². The third-order valence-corrected chi connectivity index (χ3v) is 8.33. The van der Waals surface area contributed by atoms with E-state index in [4.69, 9.17) is 14.5 Å². The average molecular weight is 574 g/mol. The van der Waals surface area contributed by atoms with Crippen molar-refractivity contribution in [3.63, 3.8) is 0 Å². The van der Waals surface area contributed by atoms with Crippen molar-refractivity contribution in [3.05, 3.63) is 54.2 Å². The Morgan fingerprint density at radius 2 is 1.98 bits per heavy atom. The highest BCUT2D eigenvalue weighted by molar-refractivity contribution is 5.69. The van der Waals surface area contributed by atoms with E-state index in [0.717, 1.165) is 48.6 Å². The predicted molar refractivity (Wildman–Crippen MR) is 160 cm³/mol. The van der Waals surface area contributed by atoms with Crippen LogP contribution in [-0.2, 0) is 15.0 Å². The number of amides is 1. The molecule has 2 aliphatic heterocycles. The topological polar surface area (TPSA) is 98.5 Å². The number of pyridine rings is 2. The van der Waals surface area contributed by atoms with Gasteiger partial charge < -0.3 is 19.3 Å². The van der Waals surface area contributed by atoms with Gasteiger partial charge in [-0.25, -0.2) is 9.48 Å². The van der Waals surface area contributed by atoms with E-state index < -0.39 is 11.1 Å². The lowest BCUT2D eigenvalue weighted by Crippen LogP contribution is -2.53. The summed E-state index contributed by atoms with van der Waals surface area (Å²) in [5.74, 6) is 0.984. The number of ether oxygens (including phenoxy) is 2. The van der Waals surface area contributed by atoms with Gasteiger partial charge in [-0.05, 0) is 82.1 Å². The van der Waals surface area contributed by atoms with E-state index in [0.29, 0.717) is 31.6 Å². The number of anilines is 1. The van der Waals surface area contributed by atoms with E-state index in [2.05, 4.69) is 52.2 Å². The van der Waals surface area contributed by atoms with Gasteiger partial charge in [0.15, 0.2) is 5.54 Å². The fourth-order valence-corrected chi connectivity index (χ4v) is 5.91. The van der Waals surface area contributed by atoms with Crippen LogP contribution in [0.3, 0.4) is 0 Å². The Labute approximate surface area is 248 Å². The highest BCUT2D eigenvalue weighted by Gasteiger charge is 2.45. The highest BCUT2D eigenvalue weighted by atomic mass is 16.6. The largest absolute Gasteiger partial charge is 0.444 e. The van der Waals surface area contributed by atoms with E-state index >= 15 is 0 Å². The molecule has 3 aromatic heterocycles. The first kappa shape index (κ1) is 28.6. The zero-order valence-electron chi connectivity index (χ0n) is 25.5. The van der Waals surface area contributed by atoms with Crippen LogP contribution in [0.25, 0.3) is 11.3 Å². The molecule has 3 fully saturated rings. The number of nitrogens with zero attached hydrogens (tertiary/aromatic N) is 7. The number of carbonyl (C=O) groups is 1. The molecule has 1 saturated carbocycles. The molecule has 10 nitrogen and oxygen atoms in total. The number of carbonyl (C=O) groups excluding carboxylic acids is 1. The molecule has 1 amide bonds. The molecule has 5 heterocycles. The monoisotopic (exact) mass is 573 g/mol. The molecular formula is C32H43N7O3. The SMILES string of the molecule is CC(C)CN(C(=O)OC(C)(C)C)[C@@H]1CCCN(c2ccc(C3(n4cc(-c5cncc(C6CC6)c5)nn4)COC3)nc2)C1. The summed E-state index contributed by atoms with van der Waals surface area (Å²) in [7, 11) is 0. The van der Waals surface area contributed by atoms with Gasteiger partial charge in [-0.2, -0.15) is 0 Å². The van der Waals surface area contributed by atoms with Gasteiger partial charge in [0.25, 0.3) is 0 Å². The maximum Gasteiger partial charge on any atom is 0.410 e. The molecule has 0 aromatic carbocycles. The molecule has 10 heteroatoms. The van der Waals surface area contributed by atoms with E-state index in [1.165, 1.54) is 18.4 Å². The summed E-state index contributed by atoms with van der Waals surface area (Å²) < 4.78 is 13.4. The van der Waals surface area contributed by atoms with Crippen molar-refractivity contribution >= 4 is 11.8 Å². The molecule has 42 heavy (non-hydrogen) atoms. The summed E-state index contributed by atoms with van der Waals surface area (Å²) in [6.07, 6.45) is 11.9. The van der Waals surface area contributed by atoms with Crippen molar-refractivity contribution < 1.29 is 14.3 Å². The zero-order chi connectivity index (χ0) is 29.5. The zero-order valence-corrected chi connectivity index (χ0v) is 25.5. The summed E-state index contributed by atoms with van der Waals surface area (Å²) in [5, 5.41) is 9.01. The highest BCUT2D eigenvalue weighted by Crippen LogP contribution is 2.41. The standard InChI is InChI=1S/C32H43N7O3/c1-22(2)17-38(30(40)42-31(3,4)5)27-7-6-12-37(18-27)26-10-11-29(34-16-26)32(20-41-21-32)39-19-28(35-36-39)25-13-24(14-33-15-25)23-8-9-23/h10-11,13-16,19,22-23,27H,6-9,12,17-18,20-21H2,1-5H3/t27-/m1/s1. The van der Waals surface area contributed by atoms with Crippen molar-refractivity contribution in [3.8, 4) is 11.3 Å². The molecule has 0 bridgehead atoms. The number of aromatic nitrogens is 5. The summed E-state index contributed by atoms with van der Waals surface area (Å²) in [6, 6.07) is 6.49. The third kappa shape index (κ3) is 6.00. The molecule has 1 aliphatic carbocycles. The number of rotatable bonds is 8. The Hall–Kier alpha value is -3.53. The molecule has 224 valence electrons. The van der Waals surface area contributed by atoms with Crippen LogP contribution in [-0.4, -0.2) is 80.4 Å². The van der Waals surface area contributed by atoms with E-state index in [-0.39, 0.29) is 12.1 Å². The lowest BCUT2D eigenvalue weighted by molar-refractivity contribution is -0.0851. The second-order valence-electron chi connectivity index (χ2n) is 13.5. The first-order valence-corrected chi connectivity index (χ1v) is 15.3. The van der Waals surface area contributed by atoms with Gasteiger partial charge in [0.1, 0.15) is 11.3 Å². The lowest BCUT2D eigenvalue weighted by atomic mass is 9.92. The molecule has 0 N–H and O–H groups in total. The fourth-order valence-electron chi connectivity index (χ4n) is 5.91. The predicted octanol–water partition coefficient (Wildman–Crippen LogP) is 5.25.